The van der Waals surface area contributed by atoms with E-state index in [4.69, 9.17) is 0 Å². The Hall–Kier alpha value is -1.39. The number of rotatable bonds is 2. The number of carbonyl (C=O) groups is 1. The Bertz CT molecular complexity index is 440. The minimum Gasteiger partial charge on any atom is -0.314 e. The number of hydrazine groups is 1. The number of benzene rings is 1. The first kappa shape index (κ1) is 11.7. The van der Waals surface area contributed by atoms with Gasteiger partial charge in [0.1, 0.15) is 0 Å². The van der Waals surface area contributed by atoms with Crippen molar-refractivity contribution in [3.05, 3.63) is 35.4 Å². The zero-order valence-electron chi connectivity index (χ0n) is 10.5. The topological polar surface area (TPSA) is 44.4 Å². The fourth-order valence-corrected chi connectivity index (χ4v) is 2.84. The molecule has 1 aliphatic heterocycles. The van der Waals surface area contributed by atoms with Gasteiger partial charge in [0.15, 0.2) is 0 Å². The van der Waals surface area contributed by atoms with E-state index >= 15 is 0 Å². The summed E-state index contributed by atoms with van der Waals surface area (Å²) < 4.78 is 0. The van der Waals surface area contributed by atoms with Crippen molar-refractivity contribution in [3.63, 3.8) is 0 Å². The Labute approximate surface area is 107 Å². The SMILES string of the molecule is O=C(NN1CCNCC1)C1CCc2ccccc21. The predicted octanol–water partition coefficient (Wildman–Crippen LogP) is 0.653. The van der Waals surface area contributed by atoms with Gasteiger partial charge in [0.2, 0.25) is 5.91 Å². The molecule has 0 radical (unpaired) electrons. The van der Waals surface area contributed by atoms with Gasteiger partial charge in [-0.25, -0.2) is 5.01 Å². The molecule has 18 heavy (non-hydrogen) atoms. The van der Waals surface area contributed by atoms with E-state index < -0.39 is 0 Å². The van der Waals surface area contributed by atoms with Gasteiger partial charge in [0.05, 0.1) is 5.92 Å². The minimum absolute atomic E-state index is 0.0380. The van der Waals surface area contributed by atoms with Gasteiger partial charge in [-0.3, -0.25) is 10.2 Å². The summed E-state index contributed by atoms with van der Waals surface area (Å²) in [6.45, 7) is 3.67. The summed E-state index contributed by atoms with van der Waals surface area (Å²) in [7, 11) is 0. The first-order chi connectivity index (χ1) is 8.84. The molecule has 4 heteroatoms. The molecule has 1 atom stereocenters. The molecule has 1 aromatic rings. The van der Waals surface area contributed by atoms with Crippen LogP contribution >= 0.6 is 0 Å². The van der Waals surface area contributed by atoms with Crippen LogP contribution in [0.4, 0.5) is 0 Å². The normalized spacial score (nSPS) is 23.7. The number of hydrogen-bond donors (Lipinski definition) is 2. The van der Waals surface area contributed by atoms with E-state index in [1.54, 1.807) is 0 Å². The summed E-state index contributed by atoms with van der Waals surface area (Å²) in [5.41, 5.74) is 5.60. The standard InChI is InChI=1S/C14H19N3O/c18-14(16-17-9-7-15-8-10-17)13-6-5-11-3-1-2-4-12(11)13/h1-4,13,15H,5-10H2,(H,16,18). The van der Waals surface area contributed by atoms with Crippen molar-refractivity contribution in [2.24, 2.45) is 0 Å². The van der Waals surface area contributed by atoms with Crippen LogP contribution in [0.2, 0.25) is 0 Å². The van der Waals surface area contributed by atoms with E-state index in [2.05, 4.69) is 28.9 Å². The molecule has 0 bridgehead atoms. The van der Waals surface area contributed by atoms with Crippen LogP contribution in [0, 0.1) is 0 Å². The molecule has 1 unspecified atom stereocenters. The molecular weight excluding hydrogens is 226 g/mol. The highest BCUT2D eigenvalue weighted by Gasteiger charge is 2.29. The molecule has 1 aliphatic carbocycles. The molecule has 0 aromatic heterocycles. The Kier molecular flexibility index (Phi) is 3.30. The number of nitrogens with one attached hydrogen (secondary N) is 2. The van der Waals surface area contributed by atoms with Gasteiger partial charge in [0, 0.05) is 26.2 Å². The van der Waals surface area contributed by atoms with E-state index in [1.165, 1.54) is 11.1 Å². The summed E-state index contributed by atoms with van der Waals surface area (Å²) in [4.78, 5) is 12.3. The first-order valence-corrected chi connectivity index (χ1v) is 6.68. The Morgan fingerprint density at radius 2 is 2.06 bits per heavy atom. The highest BCUT2D eigenvalue weighted by atomic mass is 16.2. The van der Waals surface area contributed by atoms with Crippen LogP contribution < -0.4 is 10.7 Å². The Balaban J connectivity index is 1.67. The summed E-state index contributed by atoms with van der Waals surface area (Å²) in [6.07, 6.45) is 1.97. The van der Waals surface area contributed by atoms with Crippen molar-refractivity contribution in [2.45, 2.75) is 18.8 Å². The van der Waals surface area contributed by atoms with Crippen LogP contribution in [0.25, 0.3) is 0 Å². The second-order valence-corrected chi connectivity index (χ2v) is 5.00. The molecule has 1 amide bonds. The van der Waals surface area contributed by atoms with E-state index in [-0.39, 0.29) is 11.8 Å². The predicted molar refractivity (Wildman–Crippen MR) is 70.1 cm³/mol. The van der Waals surface area contributed by atoms with Crippen LogP contribution in [0.15, 0.2) is 24.3 Å². The van der Waals surface area contributed by atoms with Gasteiger partial charge in [-0.15, -0.1) is 0 Å². The second-order valence-electron chi connectivity index (χ2n) is 5.00. The fraction of sp³-hybridized carbons (Fsp3) is 0.500. The van der Waals surface area contributed by atoms with E-state index in [0.717, 1.165) is 39.0 Å². The van der Waals surface area contributed by atoms with Gasteiger partial charge >= 0.3 is 0 Å². The van der Waals surface area contributed by atoms with Gasteiger partial charge in [-0.05, 0) is 24.0 Å². The third-order valence-electron chi connectivity index (χ3n) is 3.83. The first-order valence-electron chi connectivity index (χ1n) is 6.68. The highest BCUT2D eigenvalue weighted by Crippen LogP contribution is 2.32. The van der Waals surface area contributed by atoms with Crippen LogP contribution in [0.3, 0.4) is 0 Å². The molecule has 3 rings (SSSR count). The third kappa shape index (κ3) is 2.26. The van der Waals surface area contributed by atoms with Crippen LogP contribution in [-0.2, 0) is 11.2 Å². The number of carbonyl (C=O) groups excluding carboxylic acids is 1. The number of piperazine rings is 1. The van der Waals surface area contributed by atoms with Crippen LogP contribution in [0.1, 0.15) is 23.5 Å². The van der Waals surface area contributed by atoms with Crippen LogP contribution in [0.5, 0.6) is 0 Å². The average Bonchev–Trinajstić information content (AvgIpc) is 2.84. The maximum Gasteiger partial charge on any atom is 0.241 e. The van der Waals surface area contributed by atoms with Crippen molar-refractivity contribution < 1.29 is 4.79 Å². The summed E-state index contributed by atoms with van der Waals surface area (Å²) in [6, 6.07) is 8.29. The van der Waals surface area contributed by atoms with Gasteiger partial charge in [-0.1, -0.05) is 24.3 Å². The molecule has 2 N–H and O–H groups in total. The fourth-order valence-electron chi connectivity index (χ4n) is 2.84. The molecule has 0 saturated carbocycles. The van der Waals surface area contributed by atoms with Crippen molar-refractivity contribution in [2.75, 3.05) is 26.2 Å². The number of amides is 1. The zero-order valence-corrected chi connectivity index (χ0v) is 10.5. The average molecular weight is 245 g/mol. The Morgan fingerprint density at radius 3 is 2.89 bits per heavy atom. The third-order valence-corrected chi connectivity index (χ3v) is 3.83. The van der Waals surface area contributed by atoms with Crippen molar-refractivity contribution in [3.8, 4) is 0 Å². The lowest BCUT2D eigenvalue weighted by molar-refractivity contribution is -0.127. The van der Waals surface area contributed by atoms with Crippen molar-refractivity contribution in [1.82, 2.24) is 15.8 Å². The number of fused-ring (bicyclic) bond motifs is 1. The summed E-state index contributed by atoms with van der Waals surface area (Å²) >= 11 is 0. The van der Waals surface area contributed by atoms with Crippen molar-refractivity contribution in [1.29, 1.82) is 0 Å². The molecule has 1 saturated heterocycles. The molecule has 1 fully saturated rings. The second kappa shape index (κ2) is 5.08. The number of aryl methyl sites for hydroxylation is 1. The molecule has 96 valence electrons. The quantitative estimate of drug-likeness (QED) is 0.804. The van der Waals surface area contributed by atoms with Gasteiger partial charge in [-0.2, -0.15) is 0 Å². The lowest BCUT2D eigenvalue weighted by Gasteiger charge is -2.28. The molecule has 0 spiro atoms. The maximum absolute atomic E-state index is 12.3. The van der Waals surface area contributed by atoms with Gasteiger partial charge < -0.3 is 5.32 Å². The molecule has 4 nitrogen and oxygen atoms in total. The zero-order chi connectivity index (χ0) is 12.4. The summed E-state index contributed by atoms with van der Waals surface area (Å²) in [5.74, 6) is 0.193. The molecule has 2 aliphatic rings. The Morgan fingerprint density at radius 1 is 1.28 bits per heavy atom. The van der Waals surface area contributed by atoms with Gasteiger partial charge in [0.25, 0.3) is 0 Å². The van der Waals surface area contributed by atoms with E-state index in [1.807, 2.05) is 11.1 Å². The largest absolute Gasteiger partial charge is 0.314 e. The van der Waals surface area contributed by atoms with Crippen molar-refractivity contribution >= 4 is 5.91 Å². The number of nitrogens with zero attached hydrogens (tertiary/aromatic N) is 1. The monoisotopic (exact) mass is 245 g/mol. The molecule has 1 aromatic carbocycles. The maximum atomic E-state index is 12.3. The van der Waals surface area contributed by atoms with E-state index in [0.29, 0.717) is 0 Å². The summed E-state index contributed by atoms with van der Waals surface area (Å²) in [5, 5.41) is 5.31. The minimum atomic E-state index is 0.0380. The molecular formula is C14H19N3O. The van der Waals surface area contributed by atoms with Crippen LogP contribution in [-0.4, -0.2) is 37.1 Å². The molecule has 1 heterocycles. The number of hydrogen-bond acceptors (Lipinski definition) is 3. The smallest absolute Gasteiger partial charge is 0.241 e. The lowest BCUT2D eigenvalue weighted by Crippen LogP contribution is -2.53. The van der Waals surface area contributed by atoms with E-state index in [9.17, 15) is 4.79 Å². The lowest BCUT2D eigenvalue weighted by atomic mass is 10.0. The highest BCUT2D eigenvalue weighted by molar-refractivity contribution is 5.84.